The van der Waals surface area contributed by atoms with Crippen LogP contribution in [0.5, 0.6) is 0 Å². The summed E-state index contributed by atoms with van der Waals surface area (Å²) in [6.07, 6.45) is 0.210. The first-order chi connectivity index (χ1) is 12.4. The quantitative estimate of drug-likeness (QED) is 0.821. The first-order valence-corrected chi connectivity index (χ1v) is 9.28. The van der Waals surface area contributed by atoms with Gasteiger partial charge in [0.2, 0.25) is 5.91 Å². The largest absolute Gasteiger partial charge is 0.368 e. The normalized spacial score (nSPS) is 24.3. The number of benzene rings is 1. The highest BCUT2D eigenvalue weighted by atomic mass is 19.1. The number of amides is 1. The number of rotatable bonds is 5. The van der Waals surface area contributed by atoms with Crippen LogP contribution in [0.25, 0.3) is 0 Å². The predicted octanol–water partition coefficient (Wildman–Crippen LogP) is 1.15. The van der Waals surface area contributed by atoms with Crippen LogP contribution in [0.15, 0.2) is 24.3 Å². The Balaban J connectivity index is 1.39. The van der Waals surface area contributed by atoms with E-state index in [0.29, 0.717) is 12.2 Å². The number of hydrogen-bond donors (Lipinski definition) is 2. The van der Waals surface area contributed by atoms with Crippen molar-refractivity contribution in [2.75, 3.05) is 57.7 Å². The second-order valence-corrected chi connectivity index (χ2v) is 7.77. The molecule has 2 fully saturated rings. The topological polar surface area (TPSA) is 56.8 Å². The molecule has 7 heteroatoms. The van der Waals surface area contributed by atoms with Gasteiger partial charge in [-0.3, -0.25) is 14.6 Å². The van der Waals surface area contributed by atoms with Gasteiger partial charge in [-0.25, -0.2) is 4.39 Å². The smallest absolute Gasteiger partial charge is 0.238 e. The Bertz CT molecular complexity index is 617. The third-order valence-corrected chi connectivity index (χ3v) is 4.81. The van der Waals surface area contributed by atoms with Crippen molar-refractivity contribution in [3.05, 3.63) is 30.1 Å². The molecule has 1 amide bonds. The molecule has 26 heavy (non-hydrogen) atoms. The third kappa shape index (κ3) is 5.74. The Morgan fingerprint density at radius 2 is 2.04 bits per heavy atom. The maximum atomic E-state index is 13.2. The molecule has 2 heterocycles. The van der Waals surface area contributed by atoms with Gasteiger partial charge >= 0.3 is 0 Å². The van der Waals surface area contributed by atoms with E-state index in [1.807, 2.05) is 0 Å². The number of nitrogens with one attached hydrogen (secondary N) is 2. The maximum absolute atomic E-state index is 13.2. The fourth-order valence-corrected chi connectivity index (χ4v) is 3.56. The SMILES string of the molecule is CC1(C)CNC[C@@H](CN2CCN(CC(=O)Nc3cccc(F)c3)CC2)O1. The summed E-state index contributed by atoms with van der Waals surface area (Å²) in [6, 6.07) is 5.98. The van der Waals surface area contributed by atoms with Crippen LogP contribution in [0.4, 0.5) is 10.1 Å². The lowest BCUT2D eigenvalue weighted by Gasteiger charge is -2.41. The fraction of sp³-hybridized carbons (Fsp3) is 0.632. The first kappa shape index (κ1) is 19.2. The van der Waals surface area contributed by atoms with Gasteiger partial charge in [-0.1, -0.05) is 6.07 Å². The number of piperazine rings is 1. The lowest BCUT2D eigenvalue weighted by atomic mass is 10.1. The molecule has 144 valence electrons. The van der Waals surface area contributed by atoms with Gasteiger partial charge in [0.25, 0.3) is 0 Å². The minimum Gasteiger partial charge on any atom is -0.368 e. The van der Waals surface area contributed by atoms with Crippen molar-refractivity contribution < 1.29 is 13.9 Å². The van der Waals surface area contributed by atoms with Crippen molar-refractivity contribution in [3.8, 4) is 0 Å². The van der Waals surface area contributed by atoms with E-state index in [2.05, 4.69) is 34.3 Å². The summed E-state index contributed by atoms with van der Waals surface area (Å²) in [5.41, 5.74) is 0.387. The van der Waals surface area contributed by atoms with Gasteiger partial charge < -0.3 is 15.4 Å². The van der Waals surface area contributed by atoms with Crippen LogP contribution in [0.3, 0.4) is 0 Å². The van der Waals surface area contributed by atoms with Crippen molar-refractivity contribution in [2.45, 2.75) is 25.6 Å². The van der Waals surface area contributed by atoms with Crippen LogP contribution < -0.4 is 10.6 Å². The predicted molar refractivity (Wildman–Crippen MR) is 99.7 cm³/mol. The van der Waals surface area contributed by atoms with Crippen molar-refractivity contribution in [3.63, 3.8) is 0 Å². The summed E-state index contributed by atoms with van der Waals surface area (Å²) in [5, 5.41) is 6.19. The molecule has 0 spiro atoms. The number of carbonyl (C=O) groups is 1. The van der Waals surface area contributed by atoms with Crippen molar-refractivity contribution >= 4 is 11.6 Å². The number of nitrogens with zero attached hydrogens (tertiary/aromatic N) is 2. The summed E-state index contributed by atoms with van der Waals surface area (Å²) in [7, 11) is 0. The zero-order valence-corrected chi connectivity index (χ0v) is 15.6. The molecule has 6 nitrogen and oxygen atoms in total. The van der Waals surface area contributed by atoms with E-state index in [-0.39, 0.29) is 23.4 Å². The third-order valence-electron chi connectivity index (χ3n) is 4.81. The summed E-state index contributed by atoms with van der Waals surface area (Å²) in [6.45, 7) is 10.8. The Kier molecular flexibility index (Phi) is 6.24. The van der Waals surface area contributed by atoms with E-state index in [4.69, 9.17) is 4.74 Å². The van der Waals surface area contributed by atoms with Crippen molar-refractivity contribution in [1.29, 1.82) is 0 Å². The van der Waals surface area contributed by atoms with E-state index >= 15 is 0 Å². The van der Waals surface area contributed by atoms with E-state index in [1.165, 1.54) is 12.1 Å². The van der Waals surface area contributed by atoms with Gasteiger partial charge in [-0.05, 0) is 32.0 Å². The molecule has 1 aromatic carbocycles. The van der Waals surface area contributed by atoms with Crippen LogP contribution in [0, 0.1) is 5.82 Å². The molecule has 0 aromatic heterocycles. The molecule has 0 bridgehead atoms. The Morgan fingerprint density at radius 3 is 2.73 bits per heavy atom. The average Bonchev–Trinajstić information content (AvgIpc) is 2.56. The number of halogens is 1. The Labute approximate surface area is 154 Å². The first-order valence-electron chi connectivity index (χ1n) is 9.28. The second kappa shape index (κ2) is 8.43. The highest BCUT2D eigenvalue weighted by Gasteiger charge is 2.30. The standard InChI is InChI=1S/C19H29FN4O2/c1-19(2)14-21-11-17(26-19)12-23-6-8-24(9-7-23)13-18(25)22-16-5-3-4-15(20)10-16/h3-5,10,17,21H,6-9,11-14H2,1-2H3,(H,22,25)/t17-/m0/s1. The van der Waals surface area contributed by atoms with Crippen LogP contribution >= 0.6 is 0 Å². The van der Waals surface area contributed by atoms with Gasteiger partial charge in [0.05, 0.1) is 18.2 Å². The molecule has 1 aromatic rings. The zero-order chi connectivity index (χ0) is 18.6. The van der Waals surface area contributed by atoms with E-state index < -0.39 is 0 Å². The molecule has 0 saturated carbocycles. The van der Waals surface area contributed by atoms with Crippen molar-refractivity contribution in [1.82, 2.24) is 15.1 Å². The van der Waals surface area contributed by atoms with Gasteiger partial charge in [0.15, 0.2) is 0 Å². The number of carbonyl (C=O) groups excluding carboxylic acids is 1. The number of ether oxygens (including phenoxy) is 1. The van der Waals surface area contributed by atoms with E-state index in [9.17, 15) is 9.18 Å². The average molecular weight is 364 g/mol. The van der Waals surface area contributed by atoms with Gasteiger partial charge in [-0.15, -0.1) is 0 Å². The highest BCUT2D eigenvalue weighted by molar-refractivity contribution is 5.92. The molecule has 2 N–H and O–H groups in total. The molecule has 2 aliphatic heterocycles. The monoisotopic (exact) mass is 364 g/mol. The highest BCUT2D eigenvalue weighted by Crippen LogP contribution is 2.16. The van der Waals surface area contributed by atoms with Crippen LogP contribution in [-0.2, 0) is 9.53 Å². The van der Waals surface area contributed by atoms with E-state index in [1.54, 1.807) is 12.1 Å². The lowest BCUT2D eigenvalue weighted by molar-refractivity contribution is -0.118. The van der Waals surface area contributed by atoms with Gasteiger partial charge in [0.1, 0.15) is 5.82 Å². The minimum absolute atomic E-state index is 0.106. The summed E-state index contributed by atoms with van der Waals surface area (Å²) >= 11 is 0. The molecular formula is C19H29FN4O2. The summed E-state index contributed by atoms with van der Waals surface area (Å²) in [4.78, 5) is 16.7. The fourth-order valence-electron chi connectivity index (χ4n) is 3.56. The number of morpholine rings is 1. The lowest BCUT2D eigenvalue weighted by Crippen LogP contribution is -2.56. The molecule has 3 rings (SSSR count). The van der Waals surface area contributed by atoms with Crippen LogP contribution in [0.2, 0.25) is 0 Å². The number of hydrogen-bond acceptors (Lipinski definition) is 5. The van der Waals surface area contributed by atoms with Crippen molar-refractivity contribution in [2.24, 2.45) is 0 Å². The minimum atomic E-state index is -0.348. The Morgan fingerprint density at radius 1 is 1.31 bits per heavy atom. The van der Waals surface area contributed by atoms with E-state index in [0.717, 1.165) is 45.8 Å². The van der Waals surface area contributed by atoms with Crippen LogP contribution in [0.1, 0.15) is 13.8 Å². The zero-order valence-electron chi connectivity index (χ0n) is 15.6. The van der Waals surface area contributed by atoms with Crippen LogP contribution in [-0.4, -0.2) is 79.8 Å². The molecule has 2 saturated heterocycles. The molecule has 0 aliphatic carbocycles. The van der Waals surface area contributed by atoms with Gasteiger partial charge in [-0.2, -0.15) is 0 Å². The number of anilines is 1. The summed E-state index contributed by atoms with van der Waals surface area (Å²) in [5.74, 6) is -0.454. The maximum Gasteiger partial charge on any atom is 0.238 e. The molecule has 1 atom stereocenters. The summed E-state index contributed by atoms with van der Waals surface area (Å²) < 4.78 is 19.3. The molecular weight excluding hydrogens is 335 g/mol. The molecule has 0 unspecified atom stereocenters. The second-order valence-electron chi connectivity index (χ2n) is 7.77. The Hall–Kier alpha value is -1.54. The van der Waals surface area contributed by atoms with Gasteiger partial charge in [0, 0.05) is 51.5 Å². The molecule has 0 radical (unpaired) electrons. The molecule has 2 aliphatic rings.